The van der Waals surface area contributed by atoms with Gasteiger partial charge in [-0.15, -0.1) is 0 Å². The summed E-state index contributed by atoms with van der Waals surface area (Å²) in [6.45, 7) is 12.8. The van der Waals surface area contributed by atoms with E-state index in [0.717, 1.165) is 6.54 Å². The third kappa shape index (κ3) is 9.66. The fourth-order valence-electron chi connectivity index (χ4n) is 1.20. The lowest BCUT2D eigenvalue weighted by atomic mass is 10.1. The first-order valence-electron chi connectivity index (χ1n) is 6.10. The van der Waals surface area contributed by atoms with Crippen LogP contribution in [0, 0.1) is 0 Å². The predicted molar refractivity (Wildman–Crippen MR) is 72.1 cm³/mol. The summed E-state index contributed by atoms with van der Waals surface area (Å²) < 4.78 is 0. The third-order valence-electron chi connectivity index (χ3n) is 1.66. The first kappa shape index (κ1) is 15.7. The highest BCUT2D eigenvalue weighted by Gasteiger charge is 2.13. The molecule has 0 atom stereocenters. The SMILES string of the molecule is CCNC(=NCC(=O)NC(C)(C)C)NC(C)C. The molecule has 0 saturated heterocycles. The summed E-state index contributed by atoms with van der Waals surface area (Å²) >= 11 is 0. The van der Waals surface area contributed by atoms with Gasteiger partial charge in [0.05, 0.1) is 0 Å². The molecule has 0 fully saturated rings. The molecule has 1 amide bonds. The fourth-order valence-corrected chi connectivity index (χ4v) is 1.20. The van der Waals surface area contributed by atoms with Crippen LogP contribution in [0.25, 0.3) is 0 Å². The van der Waals surface area contributed by atoms with Crippen LogP contribution in [-0.2, 0) is 4.79 Å². The van der Waals surface area contributed by atoms with E-state index in [2.05, 4.69) is 20.9 Å². The highest BCUT2D eigenvalue weighted by Crippen LogP contribution is 1.97. The Balaban J connectivity index is 4.28. The van der Waals surface area contributed by atoms with Crippen LogP contribution < -0.4 is 16.0 Å². The Labute approximate surface area is 104 Å². The van der Waals surface area contributed by atoms with Gasteiger partial charge in [0.1, 0.15) is 6.54 Å². The van der Waals surface area contributed by atoms with Crippen LogP contribution in [0.1, 0.15) is 41.5 Å². The van der Waals surface area contributed by atoms with E-state index in [-0.39, 0.29) is 18.0 Å². The van der Waals surface area contributed by atoms with E-state index in [0.29, 0.717) is 12.0 Å². The van der Waals surface area contributed by atoms with Crippen LogP contribution in [0.2, 0.25) is 0 Å². The maximum absolute atomic E-state index is 11.6. The molecule has 0 heterocycles. The number of carbonyl (C=O) groups is 1. The van der Waals surface area contributed by atoms with Crippen LogP contribution >= 0.6 is 0 Å². The molecule has 17 heavy (non-hydrogen) atoms. The van der Waals surface area contributed by atoms with Crippen molar-refractivity contribution in [3.63, 3.8) is 0 Å². The number of hydrogen-bond acceptors (Lipinski definition) is 2. The second-order valence-electron chi connectivity index (χ2n) is 5.29. The molecule has 0 spiro atoms. The standard InChI is InChI=1S/C12H26N4O/c1-7-13-11(15-9(2)3)14-8-10(17)16-12(4,5)6/h9H,7-8H2,1-6H3,(H,16,17)(H2,13,14,15). The molecule has 0 aromatic carbocycles. The number of nitrogens with one attached hydrogen (secondary N) is 3. The summed E-state index contributed by atoms with van der Waals surface area (Å²) in [4.78, 5) is 15.8. The van der Waals surface area contributed by atoms with E-state index in [4.69, 9.17) is 0 Å². The van der Waals surface area contributed by atoms with E-state index in [1.165, 1.54) is 0 Å². The van der Waals surface area contributed by atoms with Crippen molar-refractivity contribution in [2.75, 3.05) is 13.1 Å². The zero-order valence-electron chi connectivity index (χ0n) is 11.8. The Morgan fingerprint density at radius 1 is 1.29 bits per heavy atom. The molecule has 0 unspecified atom stereocenters. The molecule has 0 bridgehead atoms. The topological polar surface area (TPSA) is 65.5 Å². The highest BCUT2D eigenvalue weighted by atomic mass is 16.2. The maximum Gasteiger partial charge on any atom is 0.242 e. The molecule has 100 valence electrons. The molecular formula is C12H26N4O. The van der Waals surface area contributed by atoms with E-state index < -0.39 is 0 Å². The van der Waals surface area contributed by atoms with Crippen LogP contribution in [0.3, 0.4) is 0 Å². The Bertz CT molecular complexity index is 266. The summed E-state index contributed by atoms with van der Waals surface area (Å²) in [5.74, 6) is 0.602. The Kier molecular flexibility index (Phi) is 6.61. The Morgan fingerprint density at radius 2 is 1.88 bits per heavy atom. The van der Waals surface area contributed by atoms with Gasteiger partial charge in [0.15, 0.2) is 5.96 Å². The van der Waals surface area contributed by atoms with Crippen molar-refractivity contribution in [2.45, 2.75) is 53.1 Å². The van der Waals surface area contributed by atoms with Gasteiger partial charge in [-0.3, -0.25) is 4.79 Å². The average Bonchev–Trinajstić information content (AvgIpc) is 2.11. The second kappa shape index (κ2) is 7.14. The van der Waals surface area contributed by atoms with Crippen molar-refractivity contribution in [1.82, 2.24) is 16.0 Å². The van der Waals surface area contributed by atoms with Crippen molar-refractivity contribution >= 4 is 11.9 Å². The Morgan fingerprint density at radius 3 is 2.29 bits per heavy atom. The first-order chi connectivity index (χ1) is 7.74. The third-order valence-corrected chi connectivity index (χ3v) is 1.66. The lowest BCUT2D eigenvalue weighted by molar-refractivity contribution is -0.121. The van der Waals surface area contributed by atoms with E-state index in [9.17, 15) is 4.79 Å². The molecule has 0 radical (unpaired) electrons. The van der Waals surface area contributed by atoms with Gasteiger partial charge in [0.25, 0.3) is 0 Å². The lowest BCUT2D eigenvalue weighted by Crippen LogP contribution is -2.44. The minimum Gasteiger partial charge on any atom is -0.357 e. The molecule has 3 N–H and O–H groups in total. The smallest absolute Gasteiger partial charge is 0.242 e. The van der Waals surface area contributed by atoms with Gasteiger partial charge in [-0.2, -0.15) is 0 Å². The summed E-state index contributed by atoms with van der Waals surface area (Å²) in [7, 11) is 0. The number of aliphatic imine (C=N–C) groups is 1. The second-order valence-corrected chi connectivity index (χ2v) is 5.29. The highest BCUT2D eigenvalue weighted by molar-refractivity contribution is 5.85. The van der Waals surface area contributed by atoms with Gasteiger partial charge in [0.2, 0.25) is 5.91 Å². The largest absolute Gasteiger partial charge is 0.357 e. The molecule has 0 rings (SSSR count). The van der Waals surface area contributed by atoms with Gasteiger partial charge in [0, 0.05) is 18.1 Å². The van der Waals surface area contributed by atoms with E-state index in [1.807, 2.05) is 41.5 Å². The minimum absolute atomic E-state index is 0.0709. The molecular weight excluding hydrogens is 216 g/mol. The quantitative estimate of drug-likeness (QED) is 0.506. The number of hydrogen-bond donors (Lipinski definition) is 3. The first-order valence-corrected chi connectivity index (χ1v) is 6.10. The molecule has 5 heteroatoms. The number of nitrogens with zero attached hydrogens (tertiary/aromatic N) is 1. The number of amides is 1. The predicted octanol–water partition coefficient (Wildman–Crippen LogP) is 0.865. The lowest BCUT2D eigenvalue weighted by Gasteiger charge is -2.20. The van der Waals surface area contributed by atoms with Crippen molar-refractivity contribution in [3.05, 3.63) is 0 Å². The molecule has 0 aliphatic carbocycles. The monoisotopic (exact) mass is 242 g/mol. The zero-order chi connectivity index (χ0) is 13.5. The molecule has 0 aromatic heterocycles. The van der Waals surface area contributed by atoms with Crippen molar-refractivity contribution in [2.24, 2.45) is 4.99 Å². The summed E-state index contributed by atoms with van der Waals surface area (Å²) in [6, 6.07) is 0.290. The Hall–Kier alpha value is -1.26. The molecule has 0 aromatic rings. The van der Waals surface area contributed by atoms with Gasteiger partial charge >= 0.3 is 0 Å². The van der Waals surface area contributed by atoms with E-state index in [1.54, 1.807) is 0 Å². The van der Waals surface area contributed by atoms with Crippen molar-refractivity contribution in [1.29, 1.82) is 0 Å². The van der Waals surface area contributed by atoms with Gasteiger partial charge in [-0.1, -0.05) is 0 Å². The normalized spacial score (nSPS) is 12.5. The molecule has 0 saturated carbocycles. The number of rotatable bonds is 4. The molecule has 0 aliphatic heterocycles. The average molecular weight is 242 g/mol. The maximum atomic E-state index is 11.6. The number of carbonyl (C=O) groups excluding carboxylic acids is 1. The molecule has 5 nitrogen and oxygen atoms in total. The summed E-state index contributed by atoms with van der Waals surface area (Å²) in [6.07, 6.45) is 0. The van der Waals surface area contributed by atoms with Gasteiger partial charge < -0.3 is 16.0 Å². The fraction of sp³-hybridized carbons (Fsp3) is 0.833. The van der Waals surface area contributed by atoms with Crippen molar-refractivity contribution < 1.29 is 4.79 Å². The van der Waals surface area contributed by atoms with Crippen LogP contribution in [0.5, 0.6) is 0 Å². The zero-order valence-corrected chi connectivity index (χ0v) is 11.8. The minimum atomic E-state index is -0.212. The summed E-state index contributed by atoms with van der Waals surface area (Å²) in [5, 5.41) is 9.12. The molecule has 0 aliphatic rings. The van der Waals surface area contributed by atoms with Crippen LogP contribution in [0.4, 0.5) is 0 Å². The van der Waals surface area contributed by atoms with Crippen LogP contribution in [0.15, 0.2) is 4.99 Å². The summed E-state index contributed by atoms with van der Waals surface area (Å²) in [5.41, 5.74) is -0.212. The van der Waals surface area contributed by atoms with Gasteiger partial charge in [-0.05, 0) is 41.5 Å². The van der Waals surface area contributed by atoms with Crippen LogP contribution in [-0.4, -0.2) is 36.5 Å². The van der Waals surface area contributed by atoms with Crippen molar-refractivity contribution in [3.8, 4) is 0 Å². The number of guanidine groups is 1. The van der Waals surface area contributed by atoms with E-state index >= 15 is 0 Å². The van der Waals surface area contributed by atoms with Gasteiger partial charge in [-0.25, -0.2) is 4.99 Å².